The normalized spacial score (nSPS) is 12.5. The number of sulfonamides is 1. The Labute approximate surface area is 121 Å². The predicted molar refractivity (Wildman–Crippen MR) is 71.8 cm³/mol. The number of benzene rings is 1. The molecule has 1 aromatic carbocycles. The lowest BCUT2D eigenvalue weighted by atomic mass is 10.0. The first-order valence-electron chi connectivity index (χ1n) is 6.21. The summed E-state index contributed by atoms with van der Waals surface area (Å²) in [5, 5.41) is 0. The van der Waals surface area contributed by atoms with Gasteiger partial charge in [0.2, 0.25) is 5.91 Å². The van der Waals surface area contributed by atoms with Crippen molar-refractivity contribution in [1.29, 1.82) is 0 Å². The van der Waals surface area contributed by atoms with E-state index in [4.69, 9.17) is 0 Å². The van der Waals surface area contributed by atoms with Crippen molar-refractivity contribution in [2.45, 2.75) is 32.2 Å². The zero-order valence-corrected chi connectivity index (χ0v) is 12.4. The van der Waals surface area contributed by atoms with Gasteiger partial charge in [-0.15, -0.1) is 0 Å². The fourth-order valence-corrected chi connectivity index (χ4v) is 2.18. The van der Waals surface area contributed by atoms with Crippen LogP contribution in [0.2, 0.25) is 0 Å². The molecule has 0 aromatic heterocycles. The van der Waals surface area contributed by atoms with Crippen molar-refractivity contribution in [2.24, 2.45) is 5.92 Å². The van der Waals surface area contributed by atoms with Crippen molar-refractivity contribution in [3.05, 3.63) is 35.4 Å². The second-order valence-corrected chi connectivity index (χ2v) is 6.74. The molecule has 0 saturated carbocycles. The van der Waals surface area contributed by atoms with Gasteiger partial charge in [-0.3, -0.25) is 4.79 Å². The standard InChI is InChI=1S/C13H16F3NO3S/c1-9(2)7-10-3-5-11(6-4-10)8-12(18)17-21(19,20)13(14,15)16/h3-6,9H,7-8H2,1-2H3,(H,17,18). The van der Waals surface area contributed by atoms with Crippen molar-refractivity contribution in [3.8, 4) is 0 Å². The summed E-state index contributed by atoms with van der Waals surface area (Å²) in [6, 6.07) is 6.72. The third-order valence-corrected chi connectivity index (χ3v) is 3.69. The van der Waals surface area contributed by atoms with Crippen LogP contribution >= 0.6 is 0 Å². The SMILES string of the molecule is CC(C)Cc1ccc(CC(=O)NS(=O)(=O)C(F)(F)F)cc1. The highest BCUT2D eigenvalue weighted by Gasteiger charge is 2.46. The van der Waals surface area contributed by atoms with Crippen LogP contribution in [0.1, 0.15) is 25.0 Å². The molecule has 1 aromatic rings. The maximum absolute atomic E-state index is 12.1. The number of amides is 1. The van der Waals surface area contributed by atoms with Crippen LogP contribution in [0.15, 0.2) is 24.3 Å². The number of hydrogen-bond donors (Lipinski definition) is 1. The minimum Gasteiger partial charge on any atom is -0.274 e. The minimum absolute atomic E-state index is 0.433. The number of rotatable bonds is 5. The van der Waals surface area contributed by atoms with Gasteiger partial charge in [0.1, 0.15) is 0 Å². The average molecular weight is 323 g/mol. The Morgan fingerprint density at radius 1 is 1.14 bits per heavy atom. The molecular weight excluding hydrogens is 307 g/mol. The van der Waals surface area contributed by atoms with E-state index in [0.717, 1.165) is 16.7 Å². The van der Waals surface area contributed by atoms with Gasteiger partial charge in [0, 0.05) is 0 Å². The smallest absolute Gasteiger partial charge is 0.274 e. The molecule has 8 heteroatoms. The Morgan fingerprint density at radius 2 is 1.62 bits per heavy atom. The summed E-state index contributed by atoms with van der Waals surface area (Å²) in [5.74, 6) is -0.764. The monoisotopic (exact) mass is 323 g/mol. The minimum atomic E-state index is -5.64. The lowest BCUT2D eigenvalue weighted by Gasteiger charge is -2.10. The lowest BCUT2D eigenvalue weighted by Crippen LogP contribution is -2.40. The van der Waals surface area contributed by atoms with Crippen molar-refractivity contribution in [3.63, 3.8) is 0 Å². The first-order valence-corrected chi connectivity index (χ1v) is 7.69. The van der Waals surface area contributed by atoms with Crippen LogP contribution in [-0.2, 0) is 27.7 Å². The molecule has 0 aliphatic rings. The maximum Gasteiger partial charge on any atom is 0.516 e. The van der Waals surface area contributed by atoms with E-state index in [0.29, 0.717) is 11.5 Å². The third-order valence-electron chi connectivity index (χ3n) is 2.58. The molecule has 21 heavy (non-hydrogen) atoms. The van der Waals surface area contributed by atoms with E-state index in [1.807, 2.05) is 13.8 Å². The van der Waals surface area contributed by atoms with Crippen LogP contribution < -0.4 is 4.72 Å². The third kappa shape index (κ3) is 5.37. The van der Waals surface area contributed by atoms with Gasteiger partial charge in [-0.1, -0.05) is 38.1 Å². The number of carbonyl (C=O) groups excluding carboxylic acids is 1. The molecule has 0 saturated heterocycles. The van der Waals surface area contributed by atoms with Crippen molar-refractivity contribution in [2.75, 3.05) is 0 Å². The largest absolute Gasteiger partial charge is 0.516 e. The van der Waals surface area contributed by atoms with E-state index < -0.39 is 27.9 Å². The van der Waals surface area contributed by atoms with Crippen LogP contribution in [-0.4, -0.2) is 19.8 Å². The molecule has 4 nitrogen and oxygen atoms in total. The van der Waals surface area contributed by atoms with E-state index in [2.05, 4.69) is 0 Å². The Kier molecular flexibility index (Phi) is 5.38. The molecule has 0 bridgehead atoms. The zero-order chi connectivity index (χ0) is 16.3. The Hall–Kier alpha value is -1.57. The van der Waals surface area contributed by atoms with Crippen molar-refractivity contribution < 1.29 is 26.4 Å². The van der Waals surface area contributed by atoms with E-state index in [1.54, 1.807) is 24.3 Å². The molecular formula is C13H16F3NO3S. The highest BCUT2D eigenvalue weighted by atomic mass is 32.2. The molecule has 0 aliphatic heterocycles. The number of hydrogen-bond acceptors (Lipinski definition) is 3. The summed E-state index contributed by atoms with van der Waals surface area (Å²) >= 11 is 0. The molecule has 0 atom stereocenters. The molecule has 0 spiro atoms. The van der Waals surface area contributed by atoms with Crippen LogP contribution in [0.25, 0.3) is 0 Å². The van der Waals surface area contributed by atoms with Gasteiger partial charge >= 0.3 is 15.5 Å². The summed E-state index contributed by atoms with van der Waals surface area (Å²) < 4.78 is 58.9. The number of alkyl halides is 3. The second kappa shape index (κ2) is 6.46. The highest BCUT2D eigenvalue weighted by Crippen LogP contribution is 2.21. The molecule has 1 N–H and O–H groups in total. The van der Waals surface area contributed by atoms with Gasteiger partial charge in [0.25, 0.3) is 0 Å². The van der Waals surface area contributed by atoms with Gasteiger partial charge in [0.05, 0.1) is 6.42 Å². The molecule has 0 heterocycles. The van der Waals surface area contributed by atoms with Crippen LogP contribution in [0, 0.1) is 5.92 Å². The number of carbonyl (C=O) groups is 1. The topological polar surface area (TPSA) is 63.2 Å². The van der Waals surface area contributed by atoms with Crippen molar-refractivity contribution in [1.82, 2.24) is 4.72 Å². The van der Waals surface area contributed by atoms with Crippen molar-refractivity contribution >= 4 is 15.9 Å². The van der Waals surface area contributed by atoms with E-state index in [9.17, 15) is 26.4 Å². The van der Waals surface area contributed by atoms with Crippen LogP contribution in [0.4, 0.5) is 13.2 Å². The predicted octanol–water partition coefficient (Wildman–Crippen LogP) is 2.39. The Balaban J connectivity index is 2.68. The van der Waals surface area contributed by atoms with E-state index in [1.165, 1.54) is 0 Å². The van der Waals surface area contributed by atoms with Gasteiger partial charge in [0.15, 0.2) is 0 Å². The summed E-state index contributed by atoms with van der Waals surface area (Å²) in [6.07, 6.45) is 0.409. The van der Waals surface area contributed by atoms with Gasteiger partial charge in [-0.2, -0.15) is 21.6 Å². The number of nitrogens with one attached hydrogen (secondary N) is 1. The Morgan fingerprint density at radius 3 is 2.05 bits per heavy atom. The summed E-state index contributed by atoms with van der Waals surface area (Å²) in [5.41, 5.74) is -4.02. The fourth-order valence-electron chi connectivity index (χ4n) is 1.69. The maximum atomic E-state index is 12.1. The molecule has 1 amide bonds. The second-order valence-electron chi connectivity index (χ2n) is 5.07. The molecule has 0 radical (unpaired) electrons. The van der Waals surface area contributed by atoms with Gasteiger partial charge < -0.3 is 0 Å². The quantitative estimate of drug-likeness (QED) is 0.905. The molecule has 1 rings (SSSR count). The van der Waals surface area contributed by atoms with E-state index >= 15 is 0 Å². The number of halogens is 3. The molecule has 0 aliphatic carbocycles. The Bertz CT molecular complexity index is 592. The first kappa shape index (κ1) is 17.5. The summed E-state index contributed by atoms with van der Waals surface area (Å²) in [6.45, 7) is 4.09. The lowest BCUT2D eigenvalue weighted by molar-refractivity contribution is -0.119. The molecule has 0 fully saturated rings. The average Bonchev–Trinajstić information content (AvgIpc) is 2.28. The van der Waals surface area contributed by atoms with E-state index in [-0.39, 0.29) is 0 Å². The first-order chi connectivity index (χ1) is 9.51. The highest BCUT2D eigenvalue weighted by molar-refractivity contribution is 7.90. The van der Waals surface area contributed by atoms with Crippen LogP contribution in [0.3, 0.4) is 0 Å². The molecule has 0 unspecified atom stereocenters. The van der Waals surface area contributed by atoms with Gasteiger partial charge in [-0.25, -0.2) is 4.72 Å². The summed E-state index contributed by atoms with van der Waals surface area (Å²) in [4.78, 5) is 11.3. The summed E-state index contributed by atoms with van der Waals surface area (Å²) in [7, 11) is -5.64. The fraction of sp³-hybridized carbons (Fsp3) is 0.462. The zero-order valence-electron chi connectivity index (χ0n) is 11.6. The van der Waals surface area contributed by atoms with Gasteiger partial charge in [-0.05, 0) is 23.5 Å². The van der Waals surface area contributed by atoms with Crippen LogP contribution in [0.5, 0.6) is 0 Å². The molecule has 118 valence electrons.